The van der Waals surface area contributed by atoms with Gasteiger partial charge in [-0.25, -0.2) is 4.98 Å². The predicted octanol–water partition coefficient (Wildman–Crippen LogP) is 0.683. The summed E-state index contributed by atoms with van der Waals surface area (Å²) < 4.78 is 12.3. The molecule has 0 saturated heterocycles. The molecule has 2 N–H and O–H groups in total. The van der Waals surface area contributed by atoms with Gasteiger partial charge < -0.3 is 19.9 Å². The van der Waals surface area contributed by atoms with E-state index in [9.17, 15) is 14.7 Å². The minimum atomic E-state index is -0.686. The molecule has 0 radical (unpaired) electrons. The quantitative estimate of drug-likeness (QED) is 0.840. The summed E-state index contributed by atoms with van der Waals surface area (Å²) in [6, 6.07) is 7.67. The summed E-state index contributed by atoms with van der Waals surface area (Å²) in [4.78, 5) is 28.8. The number of carbonyl (C=O) groups is 1. The third-order valence-corrected chi connectivity index (χ3v) is 4.41. The van der Waals surface area contributed by atoms with Gasteiger partial charge in [-0.15, -0.1) is 0 Å². The van der Waals surface area contributed by atoms with Crippen LogP contribution in [0.5, 0.6) is 11.5 Å². The van der Waals surface area contributed by atoms with Crippen LogP contribution in [0.1, 0.15) is 21.9 Å². The Hall–Kier alpha value is -3.29. The average Bonchev–Trinajstić information content (AvgIpc) is 3.06. The van der Waals surface area contributed by atoms with Gasteiger partial charge in [-0.05, 0) is 11.6 Å². The molecule has 0 aliphatic carbocycles. The topological polar surface area (TPSA) is 103 Å². The van der Waals surface area contributed by atoms with E-state index < -0.39 is 17.2 Å². The molecule has 2 aliphatic heterocycles. The first kappa shape index (κ1) is 16.2. The second-order valence-electron chi connectivity index (χ2n) is 6.12. The molecule has 4 rings (SSSR count). The highest BCUT2D eigenvalue weighted by atomic mass is 16.5. The summed E-state index contributed by atoms with van der Waals surface area (Å²) in [5.41, 5.74) is 0.0470. The van der Waals surface area contributed by atoms with Crippen LogP contribution in [0.4, 0.5) is 0 Å². The van der Waals surface area contributed by atoms with Gasteiger partial charge >= 0.3 is 0 Å². The van der Waals surface area contributed by atoms with Crippen LogP contribution >= 0.6 is 0 Å². The van der Waals surface area contributed by atoms with Crippen molar-refractivity contribution < 1.29 is 19.4 Å². The van der Waals surface area contributed by atoms with E-state index in [1.54, 1.807) is 0 Å². The van der Waals surface area contributed by atoms with Gasteiger partial charge in [0.25, 0.3) is 11.5 Å². The molecule has 0 bridgehead atoms. The molecule has 1 aromatic carbocycles. The molecule has 1 aromatic heterocycles. The first-order valence-electron chi connectivity index (χ1n) is 8.23. The molecule has 1 unspecified atom stereocenters. The minimum Gasteiger partial charge on any atom is -0.501 e. The number of para-hydroxylation sites is 1. The first-order valence-corrected chi connectivity index (χ1v) is 8.23. The summed E-state index contributed by atoms with van der Waals surface area (Å²) in [7, 11) is 0. The normalized spacial score (nSPS) is 17.7. The number of aromatic hydroxyl groups is 1. The van der Waals surface area contributed by atoms with Crippen LogP contribution in [-0.2, 0) is 17.7 Å². The molecule has 0 saturated carbocycles. The van der Waals surface area contributed by atoms with E-state index in [0.717, 1.165) is 11.3 Å². The standard InChI is InChI=1S/C18H17N3O5/c1-10-16-20-14(15(22)18(24)21(16)6-7-25-10)17(23)19-9-12-8-11-4-2-3-5-13(11)26-12/h2-5,12,22H,1,6-9H2,(H,19,23). The number of hydrogen-bond donors (Lipinski definition) is 2. The molecule has 1 atom stereocenters. The molecule has 1 amide bonds. The molecule has 2 aliphatic rings. The van der Waals surface area contributed by atoms with Gasteiger partial charge in [0.05, 0.1) is 13.1 Å². The fourth-order valence-electron chi connectivity index (χ4n) is 3.11. The van der Waals surface area contributed by atoms with Crippen molar-refractivity contribution in [2.45, 2.75) is 19.1 Å². The van der Waals surface area contributed by atoms with Gasteiger partial charge in [-0.2, -0.15) is 0 Å². The van der Waals surface area contributed by atoms with Gasteiger partial charge in [-0.1, -0.05) is 24.8 Å². The summed E-state index contributed by atoms with van der Waals surface area (Å²) in [5, 5.41) is 12.7. The van der Waals surface area contributed by atoms with Crippen LogP contribution in [0, 0.1) is 0 Å². The van der Waals surface area contributed by atoms with Crippen molar-refractivity contribution in [2.24, 2.45) is 0 Å². The number of ether oxygens (including phenoxy) is 2. The lowest BCUT2D eigenvalue weighted by Crippen LogP contribution is -2.37. The number of nitrogens with one attached hydrogen (secondary N) is 1. The number of benzene rings is 1. The molecule has 2 aromatic rings. The van der Waals surface area contributed by atoms with Crippen molar-refractivity contribution >= 4 is 11.7 Å². The van der Waals surface area contributed by atoms with Crippen molar-refractivity contribution in [3.63, 3.8) is 0 Å². The Morgan fingerprint density at radius 3 is 3.04 bits per heavy atom. The van der Waals surface area contributed by atoms with E-state index in [2.05, 4.69) is 16.9 Å². The van der Waals surface area contributed by atoms with E-state index in [-0.39, 0.29) is 43.1 Å². The van der Waals surface area contributed by atoms with Crippen molar-refractivity contribution in [3.05, 3.63) is 58.3 Å². The lowest BCUT2D eigenvalue weighted by atomic mass is 10.1. The van der Waals surface area contributed by atoms with Crippen LogP contribution in [0.2, 0.25) is 0 Å². The highest BCUT2D eigenvalue weighted by Gasteiger charge is 2.27. The Labute approximate surface area is 148 Å². The Morgan fingerprint density at radius 1 is 1.42 bits per heavy atom. The van der Waals surface area contributed by atoms with Crippen LogP contribution < -0.4 is 15.6 Å². The highest BCUT2D eigenvalue weighted by molar-refractivity contribution is 5.95. The van der Waals surface area contributed by atoms with Crippen LogP contribution in [0.15, 0.2) is 35.6 Å². The third kappa shape index (κ3) is 2.69. The van der Waals surface area contributed by atoms with Crippen LogP contribution in [0.3, 0.4) is 0 Å². The molecule has 0 spiro atoms. The zero-order valence-corrected chi connectivity index (χ0v) is 13.9. The van der Waals surface area contributed by atoms with Crippen LogP contribution in [0.25, 0.3) is 5.76 Å². The second-order valence-corrected chi connectivity index (χ2v) is 6.12. The maximum absolute atomic E-state index is 12.4. The zero-order valence-electron chi connectivity index (χ0n) is 13.9. The zero-order chi connectivity index (χ0) is 18.3. The van der Waals surface area contributed by atoms with Gasteiger partial charge in [0.15, 0.2) is 17.3 Å². The molecule has 0 fully saturated rings. The largest absolute Gasteiger partial charge is 0.501 e. The summed E-state index contributed by atoms with van der Waals surface area (Å²) in [6.07, 6.45) is 0.461. The Kier molecular flexibility index (Phi) is 3.87. The highest BCUT2D eigenvalue weighted by Crippen LogP contribution is 2.27. The van der Waals surface area contributed by atoms with Gasteiger partial charge in [0.2, 0.25) is 5.75 Å². The fourth-order valence-corrected chi connectivity index (χ4v) is 3.11. The summed E-state index contributed by atoms with van der Waals surface area (Å²) in [6.45, 7) is 4.41. The molecular formula is C18H17N3O5. The first-order chi connectivity index (χ1) is 12.5. The number of hydrogen-bond acceptors (Lipinski definition) is 6. The predicted molar refractivity (Wildman–Crippen MR) is 92.0 cm³/mol. The Bertz CT molecular complexity index is 941. The van der Waals surface area contributed by atoms with E-state index in [1.807, 2.05) is 24.3 Å². The second kappa shape index (κ2) is 6.21. The number of rotatable bonds is 3. The number of fused-ring (bicyclic) bond motifs is 2. The maximum Gasteiger partial charge on any atom is 0.297 e. The SMILES string of the molecule is C=C1OCCn2c1nc(C(=O)NCC1Cc3ccccc3O1)c(O)c2=O. The van der Waals surface area contributed by atoms with Crippen molar-refractivity contribution in [1.82, 2.24) is 14.9 Å². The lowest BCUT2D eigenvalue weighted by molar-refractivity contribution is 0.0924. The maximum atomic E-state index is 12.4. The number of carbonyl (C=O) groups excluding carboxylic acids is 1. The van der Waals surface area contributed by atoms with E-state index in [1.165, 1.54) is 4.57 Å². The Morgan fingerprint density at radius 2 is 2.23 bits per heavy atom. The number of nitrogens with zero attached hydrogens (tertiary/aromatic N) is 2. The third-order valence-electron chi connectivity index (χ3n) is 4.41. The lowest BCUT2D eigenvalue weighted by Gasteiger charge is -2.21. The molecule has 134 valence electrons. The Balaban J connectivity index is 1.51. The smallest absolute Gasteiger partial charge is 0.297 e. The average molecular weight is 355 g/mol. The molecule has 26 heavy (non-hydrogen) atoms. The number of amides is 1. The van der Waals surface area contributed by atoms with Gasteiger partial charge in [0, 0.05) is 6.42 Å². The molecular weight excluding hydrogens is 338 g/mol. The summed E-state index contributed by atoms with van der Waals surface area (Å²) in [5.74, 6) is -0.198. The summed E-state index contributed by atoms with van der Waals surface area (Å²) >= 11 is 0. The monoisotopic (exact) mass is 355 g/mol. The van der Waals surface area contributed by atoms with E-state index >= 15 is 0 Å². The van der Waals surface area contributed by atoms with Gasteiger partial charge in [-0.3, -0.25) is 14.2 Å². The van der Waals surface area contributed by atoms with Crippen molar-refractivity contribution in [2.75, 3.05) is 13.2 Å². The van der Waals surface area contributed by atoms with Gasteiger partial charge in [0.1, 0.15) is 18.5 Å². The number of aromatic nitrogens is 2. The molecule has 8 heteroatoms. The van der Waals surface area contributed by atoms with E-state index in [4.69, 9.17) is 9.47 Å². The molecule has 8 nitrogen and oxygen atoms in total. The molecule has 3 heterocycles. The van der Waals surface area contributed by atoms with Crippen molar-refractivity contribution in [1.29, 1.82) is 0 Å². The van der Waals surface area contributed by atoms with Crippen molar-refractivity contribution in [3.8, 4) is 11.5 Å². The van der Waals surface area contributed by atoms with Crippen LogP contribution in [-0.4, -0.2) is 39.8 Å². The minimum absolute atomic E-state index is 0.147. The fraction of sp³-hybridized carbons (Fsp3) is 0.278. The van der Waals surface area contributed by atoms with E-state index in [0.29, 0.717) is 6.42 Å².